The van der Waals surface area contributed by atoms with Gasteiger partial charge in [-0.1, -0.05) is 80.6 Å². The van der Waals surface area contributed by atoms with Gasteiger partial charge in [-0.25, -0.2) is 19.6 Å². The summed E-state index contributed by atoms with van der Waals surface area (Å²) < 4.78 is 10.6. The number of hydrogen-bond donors (Lipinski definition) is 3. The van der Waals surface area contributed by atoms with E-state index in [1.165, 1.54) is 7.11 Å². The van der Waals surface area contributed by atoms with Gasteiger partial charge in [0.05, 0.1) is 41.3 Å². The average molecular weight is 788 g/mol. The van der Waals surface area contributed by atoms with Crippen molar-refractivity contribution in [3.63, 3.8) is 0 Å². The molecule has 2 aromatic heterocycles. The molecule has 0 bridgehead atoms. The zero-order valence-corrected chi connectivity index (χ0v) is 33.1. The molecule has 7 atom stereocenters. The molecule has 2 aliphatic carbocycles. The monoisotopic (exact) mass is 787 g/mol. The second-order valence-corrected chi connectivity index (χ2v) is 17.2. The molecule has 2 saturated carbocycles. The molecule has 4 aliphatic rings. The van der Waals surface area contributed by atoms with Gasteiger partial charge in [0.15, 0.2) is 0 Å². The van der Waals surface area contributed by atoms with E-state index >= 15 is 0 Å². The molecule has 12 heteroatoms. The lowest BCUT2D eigenvalue weighted by Crippen LogP contribution is -2.52. The van der Waals surface area contributed by atoms with Crippen LogP contribution in [0.5, 0.6) is 0 Å². The second-order valence-electron chi connectivity index (χ2n) is 17.2. The Bertz CT molecular complexity index is 2830. The third-order valence-corrected chi connectivity index (χ3v) is 13.2. The van der Waals surface area contributed by atoms with Gasteiger partial charge in [-0.3, -0.25) is 9.69 Å². The van der Waals surface area contributed by atoms with E-state index in [1.54, 1.807) is 0 Å². The van der Waals surface area contributed by atoms with Gasteiger partial charge in [-0.2, -0.15) is 0 Å². The summed E-state index contributed by atoms with van der Waals surface area (Å²) in [5.41, 5.74) is 6.82. The Balaban J connectivity index is 0.852. The topological polar surface area (TPSA) is 146 Å². The van der Waals surface area contributed by atoms with Crippen LogP contribution in [0.1, 0.15) is 68.8 Å². The number of fused-ring (bicyclic) bond motifs is 8. The molecule has 5 aromatic carbocycles. The zero-order valence-electron chi connectivity index (χ0n) is 33.1. The number of nitrogens with zero attached hydrogens (tertiary/aromatic N) is 4. The summed E-state index contributed by atoms with van der Waals surface area (Å²) >= 11 is 0. The van der Waals surface area contributed by atoms with Crippen molar-refractivity contribution < 1.29 is 23.9 Å². The number of methoxy groups -OCH3 is 1. The lowest BCUT2D eigenvalue weighted by Gasteiger charge is -2.31. The third kappa shape index (κ3) is 6.06. The molecule has 2 aliphatic heterocycles. The van der Waals surface area contributed by atoms with E-state index in [0.717, 1.165) is 97.6 Å². The number of amides is 3. The van der Waals surface area contributed by atoms with E-state index in [9.17, 15) is 14.4 Å². The highest BCUT2D eigenvalue weighted by atomic mass is 16.6. The number of rotatable bonds is 8. The summed E-state index contributed by atoms with van der Waals surface area (Å²) in [5, 5.41) is 7.06. The van der Waals surface area contributed by atoms with Crippen LogP contribution in [-0.2, 0) is 20.9 Å². The summed E-state index contributed by atoms with van der Waals surface area (Å²) in [5.74, 6) is 2.33. The van der Waals surface area contributed by atoms with Crippen molar-refractivity contribution in [1.29, 1.82) is 0 Å². The lowest BCUT2D eigenvalue weighted by atomic mass is 9.98. The van der Waals surface area contributed by atoms with Gasteiger partial charge in [0.25, 0.3) is 0 Å². The van der Waals surface area contributed by atoms with Crippen molar-refractivity contribution in [2.45, 2.75) is 76.3 Å². The number of alkyl carbamates (subject to hydrolysis) is 1. The smallest absolute Gasteiger partial charge is 0.410 e. The van der Waals surface area contributed by atoms with Crippen LogP contribution in [0.3, 0.4) is 0 Å². The van der Waals surface area contributed by atoms with Crippen molar-refractivity contribution >= 4 is 61.7 Å². The Kier molecular flexibility index (Phi) is 8.22. The van der Waals surface area contributed by atoms with E-state index in [4.69, 9.17) is 19.4 Å². The highest BCUT2D eigenvalue weighted by Gasteiger charge is 2.57. The molecule has 3 N–H and O–H groups in total. The first-order valence-corrected chi connectivity index (χ1v) is 20.7. The second kappa shape index (κ2) is 13.6. The van der Waals surface area contributed by atoms with Crippen molar-refractivity contribution in [2.24, 2.45) is 17.8 Å². The van der Waals surface area contributed by atoms with Crippen LogP contribution in [0.4, 0.5) is 9.59 Å². The quantitative estimate of drug-likeness (QED) is 0.139. The predicted octanol–water partition coefficient (Wildman–Crippen LogP) is 8.93. The van der Waals surface area contributed by atoms with Crippen LogP contribution in [0.25, 0.3) is 54.7 Å². The first kappa shape index (κ1) is 35.7. The highest BCUT2D eigenvalue weighted by molar-refractivity contribution is 6.07. The first-order valence-electron chi connectivity index (χ1n) is 20.7. The first-order chi connectivity index (χ1) is 28.7. The number of ether oxygens (including phenoxy) is 2. The van der Waals surface area contributed by atoms with Gasteiger partial charge in [-0.05, 0) is 95.2 Å². The number of H-pyrrole nitrogens is 2. The molecule has 2 saturated heterocycles. The maximum absolute atomic E-state index is 14.0. The van der Waals surface area contributed by atoms with Crippen LogP contribution in [0.2, 0.25) is 0 Å². The fourth-order valence-electron chi connectivity index (χ4n) is 9.96. The Morgan fingerprint density at radius 3 is 2.15 bits per heavy atom. The molecule has 3 amide bonds. The number of piperidine rings is 2. The van der Waals surface area contributed by atoms with Gasteiger partial charge < -0.3 is 29.7 Å². The minimum atomic E-state index is -0.679. The number of hydrogen-bond acceptors (Lipinski definition) is 7. The van der Waals surface area contributed by atoms with Crippen LogP contribution < -0.4 is 5.32 Å². The van der Waals surface area contributed by atoms with E-state index in [1.807, 2.05) is 60.0 Å². The SMILES string of the molecule is COC(=O)N[C@H](C(=O)N1[C@@H]2CC2C[C@H]1c1nc2ccc3cc(-c4ccc5c(ccc6[nH]c([C@@H]7C[C@H]8C[C@H]8N7C(=O)OCc7ccccc7)nc65)c4)ccc3c2[nH]1)C(C)C. The maximum Gasteiger partial charge on any atom is 0.410 e. The van der Waals surface area contributed by atoms with Crippen molar-refractivity contribution in [2.75, 3.05) is 7.11 Å². The van der Waals surface area contributed by atoms with Gasteiger partial charge in [-0.15, -0.1) is 0 Å². The molecule has 1 unspecified atom stereocenters. The molecular formula is C47H45N7O5. The summed E-state index contributed by atoms with van der Waals surface area (Å²) in [6.07, 6.45) is 2.84. The fourth-order valence-corrected chi connectivity index (χ4v) is 9.96. The molecule has 4 heterocycles. The van der Waals surface area contributed by atoms with E-state index in [2.05, 4.69) is 69.9 Å². The minimum absolute atomic E-state index is 0.0901. The molecule has 7 aromatic rings. The molecule has 0 radical (unpaired) electrons. The van der Waals surface area contributed by atoms with Crippen LogP contribution in [0.15, 0.2) is 91.0 Å². The molecule has 4 fully saturated rings. The predicted molar refractivity (Wildman–Crippen MR) is 224 cm³/mol. The number of aromatic nitrogens is 4. The van der Waals surface area contributed by atoms with Gasteiger partial charge in [0.2, 0.25) is 5.91 Å². The van der Waals surface area contributed by atoms with Gasteiger partial charge in [0.1, 0.15) is 24.3 Å². The van der Waals surface area contributed by atoms with Gasteiger partial charge >= 0.3 is 12.2 Å². The van der Waals surface area contributed by atoms with Crippen LogP contribution in [-0.4, -0.2) is 73.1 Å². The highest BCUT2D eigenvalue weighted by Crippen LogP contribution is 2.55. The summed E-state index contributed by atoms with van der Waals surface area (Å²) in [4.78, 5) is 60.7. The van der Waals surface area contributed by atoms with E-state index < -0.39 is 12.1 Å². The number of benzene rings is 5. The normalized spacial score (nSPS) is 23.5. The molecular weight excluding hydrogens is 743 g/mol. The largest absolute Gasteiger partial charge is 0.453 e. The molecule has 59 heavy (non-hydrogen) atoms. The number of aromatic amines is 2. The Morgan fingerprint density at radius 2 is 1.42 bits per heavy atom. The Morgan fingerprint density at radius 1 is 0.763 bits per heavy atom. The molecule has 12 nitrogen and oxygen atoms in total. The Labute approximate surface area is 340 Å². The molecule has 298 valence electrons. The summed E-state index contributed by atoms with van der Waals surface area (Å²) in [7, 11) is 1.31. The number of likely N-dealkylation sites (tertiary alicyclic amines) is 2. The fraction of sp³-hybridized carbons (Fsp3) is 0.340. The van der Waals surface area contributed by atoms with E-state index in [-0.39, 0.29) is 48.7 Å². The number of imidazole rings is 2. The number of carbonyl (C=O) groups is 3. The maximum atomic E-state index is 14.0. The van der Waals surface area contributed by atoms with Crippen molar-refractivity contribution in [3.8, 4) is 11.1 Å². The minimum Gasteiger partial charge on any atom is -0.453 e. The summed E-state index contributed by atoms with van der Waals surface area (Å²) in [6, 6.07) is 30.6. The number of nitrogens with one attached hydrogen (secondary N) is 3. The average Bonchev–Trinajstić information content (AvgIpc) is 3.90. The Hall–Kier alpha value is -6.43. The lowest BCUT2D eigenvalue weighted by molar-refractivity contribution is -0.136. The molecule has 11 rings (SSSR count). The van der Waals surface area contributed by atoms with Crippen molar-refractivity contribution in [1.82, 2.24) is 35.1 Å². The number of carbonyl (C=O) groups excluding carboxylic acids is 3. The zero-order chi connectivity index (χ0) is 40.1. The third-order valence-electron chi connectivity index (χ3n) is 13.2. The molecule has 0 spiro atoms. The van der Waals surface area contributed by atoms with Crippen LogP contribution >= 0.6 is 0 Å². The van der Waals surface area contributed by atoms with E-state index in [0.29, 0.717) is 11.8 Å². The standard InChI is InChI=1S/C47H45N7O5/c1-24(2)40(52-46(56)58-3)45(55)53-36-19-30(36)21-38(53)43-48-34-15-11-28-17-26(9-13-32(28)41(34)50-43)27-10-14-33-29(18-27)12-16-35-42(33)51-44(49-35)39-22-31-20-37(31)54(39)47(57)59-23-25-7-5-4-6-8-25/h4-18,24,30-31,36-40H,19-23H2,1-3H3,(H,48,50)(H,49,51)(H,52,56)/t30?,31-,36-,37-,38+,39+,40+/m1/s1. The van der Waals surface area contributed by atoms with Gasteiger partial charge in [0, 0.05) is 22.9 Å². The van der Waals surface area contributed by atoms with Crippen LogP contribution in [0, 0.1) is 17.8 Å². The summed E-state index contributed by atoms with van der Waals surface area (Å²) in [6.45, 7) is 4.12. The van der Waals surface area contributed by atoms with Crippen molar-refractivity contribution in [3.05, 3.63) is 108 Å².